The van der Waals surface area contributed by atoms with E-state index in [9.17, 15) is 0 Å². The van der Waals surface area contributed by atoms with Crippen LogP contribution in [0.25, 0.3) is 0 Å². The maximum atomic E-state index is 5.32. The molecule has 0 heterocycles. The molecule has 1 aromatic rings. The molecule has 2 N–H and O–H groups in total. The number of halogens is 1. The van der Waals surface area contributed by atoms with Crippen LogP contribution in [0, 0.1) is 0 Å². The molecule has 1 aromatic carbocycles. The lowest BCUT2D eigenvalue weighted by molar-refractivity contribution is 0.328. The Hall–Kier alpha value is -0.380. The second-order valence-corrected chi connectivity index (χ2v) is 3.19. The minimum absolute atomic E-state index is 0. The molecule has 0 saturated carbocycles. The highest BCUT2D eigenvalue weighted by molar-refractivity contribution is 7.98. The molecular formula is C9H14ClNOS. The molecule has 0 aromatic heterocycles. The van der Waals surface area contributed by atoms with Crippen LogP contribution in [-0.2, 0) is 0 Å². The SMILES string of the molecule is CSc1ccc(OCCN)cc1.Cl. The smallest absolute Gasteiger partial charge is 0.119 e. The first kappa shape index (κ1) is 12.6. The fourth-order valence-electron chi connectivity index (χ4n) is 0.849. The fourth-order valence-corrected chi connectivity index (χ4v) is 1.26. The Labute approximate surface area is 89.3 Å². The van der Waals surface area contributed by atoms with Crippen molar-refractivity contribution in [2.45, 2.75) is 4.90 Å². The van der Waals surface area contributed by atoms with Gasteiger partial charge in [-0.2, -0.15) is 0 Å². The number of hydrogen-bond acceptors (Lipinski definition) is 3. The van der Waals surface area contributed by atoms with Crippen LogP contribution in [-0.4, -0.2) is 19.4 Å². The molecule has 4 heteroatoms. The molecule has 13 heavy (non-hydrogen) atoms. The third-order valence-electron chi connectivity index (χ3n) is 1.45. The second-order valence-electron chi connectivity index (χ2n) is 2.31. The molecule has 0 fully saturated rings. The van der Waals surface area contributed by atoms with Crippen LogP contribution in [0.4, 0.5) is 0 Å². The molecule has 2 nitrogen and oxygen atoms in total. The largest absolute Gasteiger partial charge is 0.492 e. The van der Waals surface area contributed by atoms with Gasteiger partial charge in [-0.05, 0) is 30.5 Å². The van der Waals surface area contributed by atoms with Gasteiger partial charge in [-0.15, -0.1) is 24.2 Å². The summed E-state index contributed by atoms with van der Waals surface area (Å²) in [6.07, 6.45) is 2.05. The van der Waals surface area contributed by atoms with Crippen molar-refractivity contribution in [1.29, 1.82) is 0 Å². The lowest BCUT2D eigenvalue weighted by Gasteiger charge is -2.04. The van der Waals surface area contributed by atoms with Crippen molar-refractivity contribution in [1.82, 2.24) is 0 Å². The average Bonchev–Trinajstić information content (AvgIpc) is 2.15. The van der Waals surface area contributed by atoms with E-state index in [1.165, 1.54) is 4.90 Å². The van der Waals surface area contributed by atoms with E-state index < -0.39 is 0 Å². The fraction of sp³-hybridized carbons (Fsp3) is 0.333. The number of thioether (sulfide) groups is 1. The molecule has 0 radical (unpaired) electrons. The molecule has 0 spiro atoms. The maximum absolute atomic E-state index is 5.32. The highest BCUT2D eigenvalue weighted by atomic mass is 35.5. The zero-order valence-electron chi connectivity index (χ0n) is 7.53. The van der Waals surface area contributed by atoms with Crippen molar-refractivity contribution >= 4 is 24.2 Å². The molecule has 0 aliphatic rings. The monoisotopic (exact) mass is 219 g/mol. The van der Waals surface area contributed by atoms with E-state index in [0.29, 0.717) is 13.2 Å². The Morgan fingerprint density at radius 1 is 1.31 bits per heavy atom. The molecule has 0 saturated heterocycles. The summed E-state index contributed by atoms with van der Waals surface area (Å²) in [4.78, 5) is 1.25. The Morgan fingerprint density at radius 2 is 1.92 bits per heavy atom. The van der Waals surface area contributed by atoms with Gasteiger partial charge < -0.3 is 10.5 Å². The van der Waals surface area contributed by atoms with Gasteiger partial charge in [0.2, 0.25) is 0 Å². The van der Waals surface area contributed by atoms with Crippen molar-refractivity contribution in [3.63, 3.8) is 0 Å². The summed E-state index contributed by atoms with van der Waals surface area (Å²) in [7, 11) is 0. The minimum Gasteiger partial charge on any atom is -0.492 e. The molecule has 0 atom stereocenters. The predicted molar refractivity (Wildman–Crippen MR) is 60.0 cm³/mol. The van der Waals surface area contributed by atoms with Crippen LogP contribution < -0.4 is 10.5 Å². The maximum Gasteiger partial charge on any atom is 0.119 e. The topological polar surface area (TPSA) is 35.2 Å². The summed E-state index contributed by atoms with van der Waals surface area (Å²) in [5.74, 6) is 0.887. The first-order chi connectivity index (χ1) is 5.86. The Kier molecular flexibility index (Phi) is 6.86. The second kappa shape index (κ2) is 7.06. The van der Waals surface area contributed by atoms with Crippen molar-refractivity contribution in [2.75, 3.05) is 19.4 Å². The van der Waals surface area contributed by atoms with Gasteiger partial charge in [0.05, 0.1) is 0 Å². The molecule has 0 aliphatic heterocycles. The van der Waals surface area contributed by atoms with E-state index in [0.717, 1.165) is 5.75 Å². The predicted octanol–water partition coefficient (Wildman–Crippen LogP) is 2.17. The Morgan fingerprint density at radius 3 is 2.38 bits per heavy atom. The summed E-state index contributed by atoms with van der Waals surface area (Å²) in [5, 5.41) is 0. The van der Waals surface area contributed by atoms with Crippen LogP contribution >= 0.6 is 24.2 Å². The molecule has 0 unspecified atom stereocenters. The lowest BCUT2D eigenvalue weighted by Crippen LogP contribution is -2.10. The van der Waals surface area contributed by atoms with Gasteiger partial charge in [0.25, 0.3) is 0 Å². The van der Waals surface area contributed by atoms with Gasteiger partial charge >= 0.3 is 0 Å². The summed E-state index contributed by atoms with van der Waals surface area (Å²) < 4.78 is 5.32. The van der Waals surface area contributed by atoms with Gasteiger partial charge in [-0.1, -0.05) is 0 Å². The number of nitrogens with two attached hydrogens (primary N) is 1. The van der Waals surface area contributed by atoms with Crippen LogP contribution in [0.15, 0.2) is 29.2 Å². The molecule has 74 valence electrons. The zero-order valence-corrected chi connectivity index (χ0v) is 9.16. The van der Waals surface area contributed by atoms with Gasteiger partial charge in [-0.3, -0.25) is 0 Å². The highest BCUT2D eigenvalue weighted by Crippen LogP contribution is 2.18. The molecule has 1 rings (SSSR count). The van der Waals surface area contributed by atoms with Gasteiger partial charge in [0, 0.05) is 11.4 Å². The minimum atomic E-state index is 0. The lowest BCUT2D eigenvalue weighted by atomic mass is 10.3. The van der Waals surface area contributed by atoms with Crippen LogP contribution in [0.2, 0.25) is 0 Å². The Bertz CT molecular complexity index is 228. The van der Waals surface area contributed by atoms with E-state index in [1.807, 2.05) is 24.3 Å². The summed E-state index contributed by atoms with van der Waals surface area (Å²) in [6, 6.07) is 8.00. The zero-order chi connectivity index (χ0) is 8.81. The first-order valence-corrected chi connectivity index (χ1v) is 5.06. The third kappa shape index (κ3) is 4.41. The van der Waals surface area contributed by atoms with Crippen LogP contribution in [0.5, 0.6) is 5.75 Å². The van der Waals surface area contributed by atoms with Gasteiger partial charge in [0.15, 0.2) is 0 Å². The molecule has 0 amide bonds. The number of rotatable bonds is 4. The standard InChI is InChI=1S/C9H13NOS.ClH/c1-12-9-4-2-8(3-5-9)11-7-6-10;/h2-5H,6-7,10H2,1H3;1H. The number of hydrogen-bond donors (Lipinski definition) is 1. The molecule has 0 bridgehead atoms. The van der Waals surface area contributed by atoms with Crippen molar-refractivity contribution in [3.8, 4) is 5.75 Å². The Balaban J connectivity index is 0.00000144. The quantitative estimate of drug-likeness (QED) is 0.789. The number of ether oxygens (including phenoxy) is 1. The van der Waals surface area contributed by atoms with Crippen molar-refractivity contribution in [3.05, 3.63) is 24.3 Å². The van der Waals surface area contributed by atoms with Crippen molar-refractivity contribution in [2.24, 2.45) is 5.73 Å². The van der Waals surface area contributed by atoms with Crippen LogP contribution in [0.1, 0.15) is 0 Å². The van der Waals surface area contributed by atoms with E-state index in [4.69, 9.17) is 10.5 Å². The van der Waals surface area contributed by atoms with Crippen molar-refractivity contribution < 1.29 is 4.74 Å². The first-order valence-electron chi connectivity index (χ1n) is 3.83. The van der Waals surface area contributed by atoms with Gasteiger partial charge in [0.1, 0.15) is 12.4 Å². The van der Waals surface area contributed by atoms with Gasteiger partial charge in [-0.25, -0.2) is 0 Å². The van der Waals surface area contributed by atoms with E-state index >= 15 is 0 Å². The number of benzene rings is 1. The third-order valence-corrected chi connectivity index (χ3v) is 2.19. The van der Waals surface area contributed by atoms with E-state index in [-0.39, 0.29) is 12.4 Å². The summed E-state index contributed by atoms with van der Waals surface area (Å²) >= 11 is 1.72. The molecular weight excluding hydrogens is 206 g/mol. The highest BCUT2D eigenvalue weighted by Gasteiger charge is 1.92. The van der Waals surface area contributed by atoms with E-state index in [2.05, 4.69) is 6.26 Å². The average molecular weight is 220 g/mol. The summed E-state index contributed by atoms with van der Waals surface area (Å²) in [6.45, 7) is 1.14. The summed E-state index contributed by atoms with van der Waals surface area (Å²) in [5.41, 5.74) is 5.30. The normalized spacial score (nSPS) is 9.08. The molecule has 0 aliphatic carbocycles. The van der Waals surface area contributed by atoms with Crippen LogP contribution in [0.3, 0.4) is 0 Å². The van der Waals surface area contributed by atoms with E-state index in [1.54, 1.807) is 11.8 Å².